The van der Waals surface area contributed by atoms with Crippen molar-refractivity contribution in [3.63, 3.8) is 0 Å². The number of halogens is 1. The second kappa shape index (κ2) is 7.20. The van der Waals surface area contributed by atoms with Crippen LogP contribution in [0.2, 0.25) is 5.02 Å². The average Bonchev–Trinajstić information content (AvgIpc) is 3.02. The van der Waals surface area contributed by atoms with Gasteiger partial charge in [0.15, 0.2) is 10.9 Å². The molecule has 0 fully saturated rings. The molecule has 0 amide bonds. The van der Waals surface area contributed by atoms with Crippen LogP contribution in [0.15, 0.2) is 60.0 Å². The Balaban J connectivity index is 1.84. The van der Waals surface area contributed by atoms with E-state index in [0.29, 0.717) is 15.7 Å². The molecule has 1 atom stereocenters. The number of carbonyl (C=O) groups excluding carboxylic acids is 1. The summed E-state index contributed by atoms with van der Waals surface area (Å²) in [6.07, 6.45) is 1.67. The second-order valence-corrected chi connectivity index (χ2v) is 7.15. The molecule has 0 N–H and O–H groups in total. The molecule has 122 valence electrons. The Kier molecular flexibility index (Phi) is 5.02. The second-order valence-electron chi connectivity index (χ2n) is 5.40. The van der Waals surface area contributed by atoms with Crippen LogP contribution in [-0.2, 0) is 0 Å². The molecular formula is C18H16ClN3OS. The van der Waals surface area contributed by atoms with E-state index in [9.17, 15) is 4.79 Å². The third kappa shape index (κ3) is 3.52. The number of ketones is 1. The van der Waals surface area contributed by atoms with Crippen LogP contribution in [0.1, 0.15) is 22.8 Å². The first-order chi connectivity index (χ1) is 11.6. The summed E-state index contributed by atoms with van der Waals surface area (Å²) in [6, 6.07) is 15.0. The Hall–Kier alpha value is -2.11. The fourth-order valence-electron chi connectivity index (χ4n) is 2.39. The van der Waals surface area contributed by atoms with Crippen LogP contribution in [0, 0.1) is 6.92 Å². The van der Waals surface area contributed by atoms with E-state index < -0.39 is 0 Å². The summed E-state index contributed by atoms with van der Waals surface area (Å²) >= 11 is 7.36. The van der Waals surface area contributed by atoms with Gasteiger partial charge in [-0.3, -0.25) is 9.36 Å². The number of hydrogen-bond acceptors (Lipinski definition) is 4. The largest absolute Gasteiger partial charge is 0.293 e. The zero-order valence-corrected chi connectivity index (χ0v) is 14.9. The maximum Gasteiger partial charge on any atom is 0.196 e. The van der Waals surface area contributed by atoms with E-state index >= 15 is 0 Å². The molecule has 0 saturated carbocycles. The molecule has 1 aromatic heterocycles. The minimum atomic E-state index is -0.296. The highest BCUT2D eigenvalue weighted by Gasteiger charge is 2.20. The number of benzene rings is 2. The van der Waals surface area contributed by atoms with Crippen molar-refractivity contribution in [1.29, 1.82) is 0 Å². The van der Waals surface area contributed by atoms with Crippen molar-refractivity contribution in [3.05, 3.63) is 71.0 Å². The minimum Gasteiger partial charge on any atom is -0.293 e. The highest BCUT2D eigenvalue weighted by atomic mass is 35.5. The Morgan fingerprint density at radius 2 is 2.00 bits per heavy atom. The van der Waals surface area contributed by atoms with E-state index in [2.05, 4.69) is 10.2 Å². The lowest BCUT2D eigenvalue weighted by molar-refractivity contribution is 0.0994. The highest BCUT2D eigenvalue weighted by molar-refractivity contribution is 8.00. The van der Waals surface area contributed by atoms with Crippen molar-refractivity contribution >= 4 is 29.1 Å². The van der Waals surface area contributed by atoms with E-state index in [1.165, 1.54) is 11.8 Å². The van der Waals surface area contributed by atoms with Gasteiger partial charge < -0.3 is 0 Å². The molecule has 4 nitrogen and oxygen atoms in total. The third-order valence-corrected chi connectivity index (χ3v) is 4.94. The summed E-state index contributed by atoms with van der Waals surface area (Å²) in [4.78, 5) is 12.6. The van der Waals surface area contributed by atoms with Gasteiger partial charge in [-0.15, -0.1) is 10.2 Å². The molecule has 0 aliphatic rings. The summed E-state index contributed by atoms with van der Waals surface area (Å²) in [5, 5.41) is 9.11. The molecular weight excluding hydrogens is 342 g/mol. The van der Waals surface area contributed by atoms with E-state index in [1.807, 2.05) is 42.7 Å². The fraction of sp³-hybridized carbons (Fsp3) is 0.167. The van der Waals surface area contributed by atoms with Crippen LogP contribution in [0.25, 0.3) is 5.69 Å². The van der Waals surface area contributed by atoms with Crippen LogP contribution in [0.3, 0.4) is 0 Å². The van der Waals surface area contributed by atoms with Gasteiger partial charge >= 0.3 is 0 Å². The fourth-order valence-corrected chi connectivity index (χ4v) is 3.49. The molecule has 6 heteroatoms. The molecule has 2 aromatic carbocycles. The topological polar surface area (TPSA) is 47.8 Å². The van der Waals surface area contributed by atoms with Gasteiger partial charge in [-0.1, -0.05) is 53.7 Å². The molecule has 24 heavy (non-hydrogen) atoms. The maximum absolute atomic E-state index is 12.6. The molecule has 1 unspecified atom stereocenters. The average molecular weight is 358 g/mol. The number of aryl methyl sites for hydroxylation is 1. The molecule has 0 bridgehead atoms. The van der Waals surface area contributed by atoms with Gasteiger partial charge in [-0.2, -0.15) is 0 Å². The standard InChI is InChI=1S/C18H16ClN3OS/c1-12-6-3-4-9-16(12)22-11-20-21-18(22)24-13(2)17(23)14-7-5-8-15(19)10-14/h3-11,13H,1-2H3. The summed E-state index contributed by atoms with van der Waals surface area (Å²) in [5.41, 5.74) is 2.73. The van der Waals surface area contributed by atoms with Crippen molar-refractivity contribution < 1.29 is 4.79 Å². The Morgan fingerprint density at radius 3 is 2.75 bits per heavy atom. The number of aromatic nitrogens is 3. The number of hydrogen-bond donors (Lipinski definition) is 0. The van der Waals surface area contributed by atoms with E-state index in [1.54, 1.807) is 30.6 Å². The molecule has 3 aromatic rings. The van der Waals surface area contributed by atoms with Gasteiger partial charge in [0.2, 0.25) is 0 Å². The zero-order valence-electron chi connectivity index (χ0n) is 13.3. The number of para-hydroxylation sites is 1. The van der Waals surface area contributed by atoms with E-state index in [0.717, 1.165) is 11.3 Å². The van der Waals surface area contributed by atoms with Gasteiger partial charge in [0.1, 0.15) is 6.33 Å². The molecule has 0 saturated heterocycles. The first kappa shape index (κ1) is 16.7. The van der Waals surface area contributed by atoms with Crippen LogP contribution >= 0.6 is 23.4 Å². The number of carbonyl (C=O) groups is 1. The lowest BCUT2D eigenvalue weighted by Crippen LogP contribution is -2.14. The van der Waals surface area contributed by atoms with Crippen LogP contribution in [-0.4, -0.2) is 25.8 Å². The van der Waals surface area contributed by atoms with E-state index in [-0.39, 0.29) is 11.0 Å². The number of Topliss-reactive ketones (excluding diaryl/α,β-unsaturated/α-hetero) is 1. The number of thioether (sulfide) groups is 1. The van der Waals surface area contributed by atoms with Crippen molar-refractivity contribution in [2.45, 2.75) is 24.3 Å². The lowest BCUT2D eigenvalue weighted by Gasteiger charge is -2.12. The monoisotopic (exact) mass is 357 g/mol. The van der Waals surface area contributed by atoms with Gasteiger partial charge in [-0.25, -0.2) is 0 Å². The van der Waals surface area contributed by atoms with Gasteiger partial charge in [-0.05, 0) is 37.6 Å². The Morgan fingerprint density at radius 1 is 1.21 bits per heavy atom. The van der Waals surface area contributed by atoms with Crippen LogP contribution in [0.5, 0.6) is 0 Å². The Labute approximate surface area is 149 Å². The summed E-state index contributed by atoms with van der Waals surface area (Å²) in [6.45, 7) is 3.90. The third-order valence-electron chi connectivity index (χ3n) is 3.65. The van der Waals surface area contributed by atoms with Gasteiger partial charge in [0.05, 0.1) is 10.9 Å². The highest BCUT2D eigenvalue weighted by Crippen LogP contribution is 2.27. The van der Waals surface area contributed by atoms with E-state index in [4.69, 9.17) is 11.6 Å². The van der Waals surface area contributed by atoms with Gasteiger partial charge in [0, 0.05) is 10.6 Å². The number of nitrogens with zero attached hydrogens (tertiary/aromatic N) is 3. The summed E-state index contributed by atoms with van der Waals surface area (Å²) in [7, 11) is 0. The molecule has 0 aliphatic carbocycles. The minimum absolute atomic E-state index is 0.0156. The van der Waals surface area contributed by atoms with Crippen LogP contribution < -0.4 is 0 Å². The molecule has 0 radical (unpaired) electrons. The van der Waals surface area contributed by atoms with Crippen molar-refractivity contribution in [2.24, 2.45) is 0 Å². The molecule has 0 spiro atoms. The Bertz CT molecular complexity index is 878. The molecule has 3 rings (SSSR count). The predicted molar refractivity (Wildman–Crippen MR) is 97.2 cm³/mol. The first-order valence-electron chi connectivity index (χ1n) is 7.48. The van der Waals surface area contributed by atoms with Crippen molar-refractivity contribution in [3.8, 4) is 5.69 Å². The van der Waals surface area contributed by atoms with Gasteiger partial charge in [0.25, 0.3) is 0 Å². The zero-order chi connectivity index (χ0) is 17.1. The summed E-state index contributed by atoms with van der Waals surface area (Å²) in [5.74, 6) is 0.0156. The van der Waals surface area contributed by atoms with Crippen molar-refractivity contribution in [2.75, 3.05) is 0 Å². The quantitative estimate of drug-likeness (QED) is 0.495. The maximum atomic E-state index is 12.6. The smallest absolute Gasteiger partial charge is 0.196 e. The predicted octanol–water partition coefficient (Wildman–Crippen LogP) is 4.59. The normalized spacial score (nSPS) is 12.1. The summed E-state index contributed by atoms with van der Waals surface area (Å²) < 4.78 is 1.90. The molecule has 1 heterocycles. The molecule has 0 aliphatic heterocycles. The van der Waals surface area contributed by atoms with Crippen molar-refractivity contribution in [1.82, 2.24) is 14.8 Å². The lowest BCUT2D eigenvalue weighted by atomic mass is 10.1. The first-order valence-corrected chi connectivity index (χ1v) is 8.74. The number of rotatable bonds is 5. The van der Waals surface area contributed by atoms with Crippen LogP contribution in [0.4, 0.5) is 0 Å². The SMILES string of the molecule is Cc1ccccc1-n1cnnc1SC(C)C(=O)c1cccc(Cl)c1.